The fourth-order valence-electron chi connectivity index (χ4n) is 2.58. The third kappa shape index (κ3) is 4.88. The molecule has 1 aliphatic heterocycles. The second-order valence-corrected chi connectivity index (χ2v) is 6.05. The fraction of sp³-hybridized carbons (Fsp3) is 0.556. The summed E-state index contributed by atoms with van der Waals surface area (Å²) < 4.78 is 10.9. The van der Waals surface area contributed by atoms with Crippen molar-refractivity contribution in [2.24, 2.45) is 5.92 Å². The largest absolute Gasteiger partial charge is 0.494 e. The van der Waals surface area contributed by atoms with E-state index in [1.807, 2.05) is 37.8 Å². The Bertz CT molecular complexity index is 549. The smallest absolute Gasteiger partial charge is 0.260 e. The Labute approximate surface area is 143 Å². The highest BCUT2D eigenvalue weighted by Gasteiger charge is 2.25. The first kappa shape index (κ1) is 18.1. The molecular weight excluding hydrogens is 308 g/mol. The van der Waals surface area contributed by atoms with Gasteiger partial charge in [0.25, 0.3) is 5.91 Å². The van der Waals surface area contributed by atoms with Crippen LogP contribution in [0.4, 0.5) is 0 Å². The zero-order valence-electron chi connectivity index (χ0n) is 14.7. The van der Waals surface area contributed by atoms with Crippen LogP contribution in [0.1, 0.15) is 20.8 Å². The molecule has 1 aromatic rings. The molecule has 6 heteroatoms. The van der Waals surface area contributed by atoms with Crippen LogP contribution in [0.2, 0.25) is 0 Å². The summed E-state index contributed by atoms with van der Waals surface area (Å²) in [5, 5.41) is 0. The van der Waals surface area contributed by atoms with Crippen molar-refractivity contribution in [3.8, 4) is 11.5 Å². The molecule has 1 heterocycles. The number of nitrogens with zero attached hydrogens (tertiary/aromatic N) is 2. The molecule has 1 saturated heterocycles. The molecule has 6 nitrogen and oxygen atoms in total. The average Bonchev–Trinajstić information content (AvgIpc) is 2.60. The van der Waals surface area contributed by atoms with Crippen molar-refractivity contribution in [1.29, 1.82) is 0 Å². The van der Waals surface area contributed by atoms with Crippen LogP contribution in [0.25, 0.3) is 0 Å². The number of carbonyl (C=O) groups is 2. The van der Waals surface area contributed by atoms with Crippen molar-refractivity contribution in [3.63, 3.8) is 0 Å². The van der Waals surface area contributed by atoms with Crippen LogP contribution < -0.4 is 9.47 Å². The van der Waals surface area contributed by atoms with Gasteiger partial charge in [0.15, 0.2) is 6.61 Å². The first-order chi connectivity index (χ1) is 11.5. The van der Waals surface area contributed by atoms with Crippen LogP contribution in [-0.2, 0) is 9.59 Å². The van der Waals surface area contributed by atoms with Crippen LogP contribution in [0.15, 0.2) is 24.3 Å². The molecule has 0 unspecified atom stereocenters. The van der Waals surface area contributed by atoms with Gasteiger partial charge in [0.1, 0.15) is 11.5 Å². The summed E-state index contributed by atoms with van der Waals surface area (Å²) in [4.78, 5) is 27.7. The number of piperazine rings is 1. The summed E-state index contributed by atoms with van der Waals surface area (Å²) in [6.45, 7) is 8.63. The van der Waals surface area contributed by atoms with Gasteiger partial charge in [-0.3, -0.25) is 9.59 Å². The van der Waals surface area contributed by atoms with Crippen molar-refractivity contribution in [3.05, 3.63) is 24.3 Å². The maximum absolute atomic E-state index is 12.2. The number of hydrogen-bond acceptors (Lipinski definition) is 4. The molecule has 0 aromatic heterocycles. The molecule has 0 N–H and O–H groups in total. The molecule has 132 valence electrons. The predicted octanol–water partition coefficient (Wildman–Crippen LogP) is 1.79. The molecule has 0 radical (unpaired) electrons. The van der Waals surface area contributed by atoms with Crippen molar-refractivity contribution in [1.82, 2.24) is 9.80 Å². The van der Waals surface area contributed by atoms with Gasteiger partial charge >= 0.3 is 0 Å². The maximum Gasteiger partial charge on any atom is 0.260 e. The number of hydrogen-bond donors (Lipinski definition) is 0. The van der Waals surface area contributed by atoms with E-state index in [2.05, 4.69) is 0 Å². The number of benzene rings is 1. The van der Waals surface area contributed by atoms with Gasteiger partial charge in [-0.2, -0.15) is 0 Å². The molecule has 24 heavy (non-hydrogen) atoms. The quantitative estimate of drug-likeness (QED) is 0.796. The van der Waals surface area contributed by atoms with E-state index in [1.54, 1.807) is 17.0 Å². The van der Waals surface area contributed by atoms with Crippen molar-refractivity contribution < 1.29 is 19.1 Å². The molecular formula is C18H26N2O4. The van der Waals surface area contributed by atoms with Crippen LogP contribution in [-0.4, -0.2) is 61.0 Å². The number of rotatable bonds is 6. The summed E-state index contributed by atoms with van der Waals surface area (Å²) in [6, 6.07) is 7.22. The lowest BCUT2D eigenvalue weighted by Crippen LogP contribution is -2.52. The van der Waals surface area contributed by atoms with Crippen LogP contribution >= 0.6 is 0 Å². The molecule has 2 amide bonds. The molecule has 0 atom stereocenters. The lowest BCUT2D eigenvalue weighted by molar-refractivity contribution is -0.142. The number of carbonyl (C=O) groups excluding carboxylic acids is 2. The van der Waals surface area contributed by atoms with E-state index in [-0.39, 0.29) is 24.3 Å². The van der Waals surface area contributed by atoms with Crippen molar-refractivity contribution >= 4 is 11.8 Å². The van der Waals surface area contributed by atoms with Gasteiger partial charge in [-0.1, -0.05) is 13.8 Å². The van der Waals surface area contributed by atoms with E-state index in [4.69, 9.17) is 9.47 Å². The zero-order chi connectivity index (χ0) is 17.5. The third-order valence-corrected chi connectivity index (χ3v) is 3.93. The highest BCUT2D eigenvalue weighted by Crippen LogP contribution is 2.17. The molecule has 2 rings (SSSR count). The number of ether oxygens (including phenoxy) is 2. The van der Waals surface area contributed by atoms with E-state index < -0.39 is 0 Å². The van der Waals surface area contributed by atoms with Gasteiger partial charge in [-0.15, -0.1) is 0 Å². The highest BCUT2D eigenvalue weighted by molar-refractivity contribution is 5.80. The summed E-state index contributed by atoms with van der Waals surface area (Å²) in [6.07, 6.45) is 0. The first-order valence-corrected chi connectivity index (χ1v) is 8.43. The van der Waals surface area contributed by atoms with E-state index in [0.717, 1.165) is 5.75 Å². The van der Waals surface area contributed by atoms with Gasteiger partial charge < -0.3 is 19.3 Å². The average molecular weight is 334 g/mol. The van der Waals surface area contributed by atoms with Crippen LogP contribution in [0.3, 0.4) is 0 Å². The third-order valence-electron chi connectivity index (χ3n) is 3.93. The molecule has 1 fully saturated rings. The molecule has 1 aromatic carbocycles. The van der Waals surface area contributed by atoms with Crippen LogP contribution in [0, 0.1) is 5.92 Å². The Morgan fingerprint density at radius 3 is 1.96 bits per heavy atom. The monoisotopic (exact) mass is 334 g/mol. The highest BCUT2D eigenvalue weighted by atomic mass is 16.5. The summed E-state index contributed by atoms with van der Waals surface area (Å²) in [5.41, 5.74) is 0. The van der Waals surface area contributed by atoms with Gasteiger partial charge in [0.05, 0.1) is 6.61 Å². The minimum Gasteiger partial charge on any atom is -0.494 e. The molecule has 1 aliphatic rings. The lowest BCUT2D eigenvalue weighted by atomic mass is 10.1. The van der Waals surface area contributed by atoms with Crippen molar-refractivity contribution in [2.45, 2.75) is 20.8 Å². The zero-order valence-corrected chi connectivity index (χ0v) is 14.7. The topological polar surface area (TPSA) is 59.1 Å². The normalized spacial score (nSPS) is 14.7. The van der Waals surface area contributed by atoms with E-state index in [0.29, 0.717) is 38.5 Å². The minimum atomic E-state index is -0.0551. The SMILES string of the molecule is CCOc1ccc(OCC(=O)N2CCN(C(=O)C(C)C)CC2)cc1. The Morgan fingerprint density at radius 2 is 1.46 bits per heavy atom. The van der Waals surface area contributed by atoms with Gasteiger partial charge in [0.2, 0.25) is 5.91 Å². The molecule has 0 aliphatic carbocycles. The molecule has 0 saturated carbocycles. The van der Waals surface area contributed by atoms with E-state index in [1.165, 1.54) is 0 Å². The number of amides is 2. The molecule has 0 spiro atoms. The first-order valence-electron chi connectivity index (χ1n) is 8.43. The maximum atomic E-state index is 12.2. The van der Waals surface area contributed by atoms with Gasteiger partial charge in [-0.05, 0) is 31.2 Å². The summed E-state index contributed by atoms with van der Waals surface area (Å²) in [5.74, 6) is 1.51. The Hall–Kier alpha value is -2.24. The lowest BCUT2D eigenvalue weighted by Gasteiger charge is -2.35. The standard InChI is InChI=1S/C18H26N2O4/c1-4-23-15-5-7-16(8-6-15)24-13-17(21)19-9-11-20(12-10-19)18(22)14(2)3/h5-8,14H,4,9-13H2,1-3H3. The Balaban J connectivity index is 1.76. The minimum absolute atomic E-state index is 0.00440. The van der Waals surface area contributed by atoms with Crippen molar-refractivity contribution in [2.75, 3.05) is 39.4 Å². The predicted molar refractivity (Wildman–Crippen MR) is 91.1 cm³/mol. The van der Waals surface area contributed by atoms with Gasteiger partial charge in [-0.25, -0.2) is 0 Å². The second kappa shape index (κ2) is 8.57. The summed E-state index contributed by atoms with van der Waals surface area (Å²) >= 11 is 0. The second-order valence-electron chi connectivity index (χ2n) is 6.05. The summed E-state index contributed by atoms with van der Waals surface area (Å²) in [7, 11) is 0. The van der Waals surface area contributed by atoms with Gasteiger partial charge in [0, 0.05) is 32.1 Å². The Morgan fingerprint density at radius 1 is 0.958 bits per heavy atom. The van der Waals surface area contributed by atoms with E-state index >= 15 is 0 Å². The fourth-order valence-corrected chi connectivity index (χ4v) is 2.58. The van der Waals surface area contributed by atoms with Crippen LogP contribution in [0.5, 0.6) is 11.5 Å². The van der Waals surface area contributed by atoms with E-state index in [9.17, 15) is 9.59 Å². The Kier molecular flexibility index (Phi) is 6.46. The molecule has 0 bridgehead atoms.